The first-order valence-electron chi connectivity index (χ1n) is 7.06. The number of nitro benzene ring substituents is 1. The molecule has 0 unspecified atom stereocenters. The van der Waals surface area contributed by atoms with Crippen LogP contribution in [-0.4, -0.2) is 21.0 Å². The van der Waals surface area contributed by atoms with E-state index in [1.807, 2.05) is 24.3 Å². The van der Waals surface area contributed by atoms with E-state index >= 15 is 0 Å². The number of non-ortho nitro benzene ring substituents is 1. The number of hydrogen-bond acceptors (Lipinski definition) is 4. The highest BCUT2D eigenvalue weighted by Gasteiger charge is 2.11. The third kappa shape index (κ3) is 2.68. The number of fused-ring (bicyclic) bond motifs is 1. The SMILES string of the molecule is NCCc1nc2ccccc2n1Cc1ccc([N+](=O)[O-])cc1. The van der Waals surface area contributed by atoms with Gasteiger partial charge in [-0.15, -0.1) is 0 Å². The van der Waals surface area contributed by atoms with Crippen LogP contribution in [0.5, 0.6) is 0 Å². The van der Waals surface area contributed by atoms with Crippen LogP contribution in [0.15, 0.2) is 48.5 Å². The molecule has 0 spiro atoms. The van der Waals surface area contributed by atoms with Gasteiger partial charge in [-0.25, -0.2) is 4.98 Å². The van der Waals surface area contributed by atoms with Crippen molar-refractivity contribution >= 4 is 16.7 Å². The van der Waals surface area contributed by atoms with Gasteiger partial charge in [0.15, 0.2) is 0 Å². The number of imidazole rings is 1. The third-order valence-electron chi connectivity index (χ3n) is 3.59. The van der Waals surface area contributed by atoms with Gasteiger partial charge in [-0.1, -0.05) is 24.3 Å². The molecule has 3 rings (SSSR count). The van der Waals surface area contributed by atoms with Crippen LogP contribution in [0, 0.1) is 10.1 Å². The minimum Gasteiger partial charge on any atom is -0.330 e. The van der Waals surface area contributed by atoms with Crippen LogP contribution >= 0.6 is 0 Å². The summed E-state index contributed by atoms with van der Waals surface area (Å²) in [5.74, 6) is 0.932. The number of nitrogens with two attached hydrogens (primary N) is 1. The van der Waals surface area contributed by atoms with Crippen molar-refractivity contribution in [3.05, 3.63) is 70.0 Å². The van der Waals surface area contributed by atoms with Crippen molar-refractivity contribution in [3.63, 3.8) is 0 Å². The first-order chi connectivity index (χ1) is 10.7. The molecule has 2 N–H and O–H groups in total. The van der Waals surface area contributed by atoms with Gasteiger partial charge in [0.2, 0.25) is 0 Å². The molecule has 0 saturated carbocycles. The second kappa shape index (κ2) is 5.95. The predicted octanol–water partition coefficient (Wildman–Crippen LogP) is 2.49. The molecule has 6 nitrogen and oxygen atoms in total. The summed E-state index contributed by atoms with van der Waals surface area (Å²) in [5.41, 5.74) is 8.74. The molecular formula is C16H16N4O2. The molecular weight excluding hydrogens is 280 g/mol. The van der Waals surface area contributed by atoms with Gasteiger partial charge in [-0.3, -0.25) is 10.1 Å². The Morgan fingerprint density at radius 2 is 1.86 bits per heavy atom. The lowest BCUT2D eigenvalue weighted by molar-refractivity contribution is -0.384. The molecule has 0 atom stereocenters. The van der Waals surface area contributed by atoms with Crippen LogP contribution in [0.25, 0.3) is 11.0 Å². The zero-order valence-corrected chi connectivity index (χ0v) is 12.0. The van der Waals surface area contributed by atoms with E-state index in [0.29, 0.717) is 19.5 Å². The number of nitrogens with zero attached hydrogens (tertiary/aromatic N) is 3. The number of benzene rings is 2. The molecule has 0 aliphatic rings. The van der Waals surface area contributed by atoms with Crippen LogP contribution in [0.4, 0.5) is 5.69 Å². The number of aromatic nitrogens is 2. The van der Waals surface area contributed by atoms with Crippen molar-refractivity contribution < 1.29 is 4.92 Å². The quantitative estimate of drug-likeness (QED) is 0.579. The summed E-state index contributed by atoms with van der Waals surface area (Å²) >= 11 is 0. The van der Waals surface area contributed by atoms with Crippen molar-refractivity contribution in [3.8, 4) is 0 Å². The fourth-order valence-corrected chi connectivity index (χ4v) is 2.53. The number of para-hydroxylation sites is 2. The van der Waals surface area contributed by atoms with Gasteiger partial charge in [0, 0.05) is 25.1 Å². The van der Waals surface area contributed by atoms with Crippen molar-refractivity contribution in [2.75, 3.05) is 6.54 Å². The van der Waals surface area contributed by atoms with Crippen molar-refractivity contribution in [1.82, 2.24) is 9.55 Å². The minimum atomic E-state index is -0.393. The highest BCUT2D eigenvalue weighted by molar-refractivity contribution is 5.76. The van der Waals surface area contributed by atoms with Gasteiger partial charge >= 0.3 is 0 Å². The number of hydrogen-bond donors (Lipinski definition) is 1. The van der Waals surface area contributed by atoms with Gasteiger partial charge in [0.1, 0.15) is 5.82 Å². The van der Waals surface area contributed by atoms with E-state index in [1.54, 1.807) is 12.1 Å². The summed E-state index contributed by atoms with van der Waals surface area (Å²) in [7, 11) is 0. The molecule has 2 aromatic carbocycles. The fraction of sp³-hybridized carbons (Fsp3) is 0.188. The molecule has 0 radical (unpaired) electrons. The van der Waals surface area contributed by atoms with Crippen LogP contribution < -0.4 is 5.73 Å². The van der Waals surface area contributed by atoms with E-state index in [4.69, 9.17) is 5.73 Å². The van der Waals surface area contributed by atoms with Crippen LogP contribution in [0.2, 0.25) is 0 Å². The van der Waals surface area contributed by atoms with Gasteiger partial charge in [0.05, 0.1) is 16.0 Å². The predicted molar refractivity (Wildman–Crippen MR) is 84.7 cm³/mol. The molecule has 1 aromatic heterocycles. The smallest absolute Gasteiger partial charge is 0.269 e. The van der Waals surface area contributed by atoms with E-state index in [2.05, 4.69) is 9.55 Å². The van der Waals surface area contributed by atoms with E-state index < -0.39 is 4.92 Å². The summed E-state index contributed by atoms with van der Waals surface area (Å²) in [4.78, 5) is 14.9. The monoisotopic (exact) mass is 296 g/mol. The third-order valence-corrected chi connectivity index (χ3v) is 3.59. The average molecular weight is 296 g/mol. The Bertz CT molecular complexity index is 809. The van der Waals surface area contributed by atoms with Crippen LogP contribution in [0.1, 0.15) is 11.4 Å². The molecule has 0 fully saturated rings. The summed E-state index contributed by atoms with van der Waals surface area (Å²) in [5, 5.41) is 10.7. The van der Waals surface area contributed by atoms with Crippen LogP contribution in [-0.2, 0) is 13.0 Å². The summed E-state index contributed by atoms with van der Waals surface area (Å²) in [6, 6.07) is 14.5. The van der Waals surface area contributed by atoms with Crippen molar-refractivity contribution in [2.45, 2.75) is 13.0 Å². The molecule has 22 heavy (non-hydrogen) atoms. The van der Waals surface area contributed by atoms with Gasteiger partial charge < -0.3 is 10.3 Å². The Morgan fingerprint density at radius 1 is 1.14 bits per heavy atom. The Labute approximate surface area is 127 Å². The molecule has 0 amide bonds. The molecule has 0 aliphatic heterocycles. The van der Waals surface area contributed by atoms with Crippen molar-refractivity contribution in [2.24, 2.45) is 5.73 Å². The molecule has 0 saturated heterocycles. The van der Waals surface area contributed by atoms with Gasteiger partial charge in [-0.2, -0.15) is 0 Å². The lowest BCUT2D eigenvalue weighted by atomic mass is 10.2. The Balaban J connectivity index is 1.98. The van der Waals surface area contributed by atoms with Crippen LogP contribution in [0.3, 0.4) is 0 Å². The van der Waals surface area contributed by atoms with Gasteiger partial charge in [0.25, 0.3) is 5.69 Å². The van der Waals surface area contributed by atoms with E-state index in [1.165, 1.54) is 12.1 Å². The molecule has 0 bridgehead atoms. The maximum Gasteiger partial charge on any atom is 0.269 e. The second-order valence-electron chi connectivity index (χ2n) is 5.07. The summed E-state index contributed by atoms with van der Waals surface area (Å²) < 4.78 is 2.11. The molecule has 1 heterocycles. The van der Waals surface area contributed by atoms with Gasteiger partial charge in [-0.05, 0) is 24.2 Å². The molecule has 112 valence electrons. The highest BCUT2D eigenvalue weighted by Crippen LogP contribution is 2.19. The topological polar surface area (TPSA) is 87.0 Å². The number of rotatable bonds is 5. The molecule has 3 aromatic rings. The van der Waals surface area contributed by atoms with E-state index in [0.717, 1.165) is 22.4 Å². The summed E-state index contributed by atoms with van der Waals surface area (Å²) in [6.07, 6.45) is 0.696. The second-order valence-corrected chi connectivity index (χ2v) is 5.07. The van der Waals surface area contributed by atoms with Crippen molar-refractivity contribution in [1.29, 1.82) is 0 Å². The van der Waals surface area contributed by atoms with E-state index in [9.17, 15) is 10.1 Å². The normalized spacial score (nSPS) is 11.0. The first-order valence-corrected chi connectivity index (χ1v) is 7.06. The maximum absolute atomic E-state index is 10.7. The lowest BCUT2D eigenvalue weighted by Gasteiger charge is -2.09. The Kier molecular flexibility index (Phi) is 3.84. The Morgan fingerprint density at radius 3 is 2.55 bits per heavy atom. The standard InChI is InChI=1S/C16H16N4O2/c17-10-9-16-18-14-3-1-2-4-15(14)19(16)11-12-5-7-13(8-6-12)20(21)22/h1-8H,9-11,17H2. The largest absolute Gasteiger partial charge is 0.330 e. The zero-order valence-electron chi connectivity index (χ0n) is 12.0. The molecule has 0 aliphatic carbocycles. The molecule has 6 heteroatoms. The first kappa shape index (κ1) is 14.2. The fourth-order valence-electron chi connectivity index (χ4n) is 2.53. The average Bonchev–Trinajstić information content (AvgIpc) is 2.86. The highest BCUT2D eigenvalue weighted by atomic mass is 16.6. The minimum absolute atomic E-state index is 0.0985. The van der Waals surface area contributed by atoms with E-state index in [-0.39, 0.29) is 5.69 Å². The Hall–Kier alpha value is -2.73. The maximum atomic E-state index is 10.7. The summed E-state index contributed by atoms with van der Waals surface area (Å²) in [6.45, 7) is 1.15. The zero-order chi connectivity index (χ0) is 15.5. The number of nitro groups is 1. The lowest BCUT2D eigenvalue weighted by Crippen LogP contribution is -2.11.